The van der Waals surface area contributed by atoms with Crippen molar-refractivity contribution in [2.24, 2.45) is 0 Å². The molecule has 3 rings (SSSR count). The van der Waals surface area contributed by atoms with Gasteiger partial charge in [0, 0.05) is 13.1 Å². The summed E-state index contributed by atoms with van der Waals surface area (Å²) in [6.07, 6.45) is 2.17. The lowest BCUT2D eigenvalue weighted by molar-refractivity contribution is 0.0749. The van der Waals surface area contributed by atoms with E-state index in [4.69, 9.17) is 4.42 Å². The molecule has 5 nitrogen and oxygen atoms in total. The molecular formula is C16H21N3O2. The van der Waals surface area contributed by atoms with Gasteiger partial charge in [-0.2, -0.15) is 0 Å². The van der Waals surface area contributed by atoms with E-state index in [-0.39, 0.29) is 6.10 Å². The van der Waals surface area contributed by atoms with Crippen molar-refractivity contribution < 1.29 is 9.52 Å². The largest absolute Gasteiger partial charge is 0.424 e. The fourth-order valence-electron chi connectivity index (χ4n) is 2.66. The fourth-order valence-corrected chi connectivity index (χ4v) is 2.66. The van der Waals surface area contributed by atoms with Crippen molar-refractivity contribution in [1.82, 2.24) is 15.1 Å². The van der Waals surface area contributed by atoms with E-state index in [1.165, 1.54) is 11.1 Å². The molecular weight excluding hydrogens is 266 g/mol. The second-order valence-corrected chi connectivity index (χ2v) is 5.70. The smallest absolute Gasteiger partial charge is 0.230 e. The monoisotopic (exact) mass is 287 g/mol. The highest BCUT2D eigenvalue weighted by Gasteiger charge is 2.19. The molecule has 1 fully saturated rings. The minimum Gasteiger partial charge on any atom is -0.424 e. The second kappa shape index (κ2) is 6.37. The van der Waals surface area contributed by atoms with Gasteiger partial charge in [-0.05, 0) is 30.9 Å². The summed E-state index contributed by atoms with van der Waals surface area (Å²) in [5, 5.41) is 17.8. The number of benzene rings is 1. The van der Waals surface area contributed by atoms with Crippen LogP contribution in [0.5, 0.6) is 0 Å². The quantitative estimate of drug-likeness (QED) is 0.931. The molecule has 2 aromatic rings. The van der Waals surface area contributed by atoms with Gasteiger partial charge in [0.25, 0.3) is 0 Å². The van der Waals surface area contributed by atoms with Gasteiger partial charge in [0.15, 0.2) is 0 Å². The summed E-state index contributed by atoms with van der Waals surface area (Å²) in [5.41, 5.74) is 2.45. The number of hydrogen-bond acceptors (Lipinski definition) is 5. The molecule has 0 atom stereocenters. The maximum Gasteiger partial charge on any atom is 0.230 e. The molecule has 1 aromatic carbocycles. The Morgan fingerprint density at radius 3 is 2.67 bits per heavy atom. The summed E-state index contributed by atoms with van der Waals surface area (Å²) >= 11 is 0. The first kappa shape index (κ1) is 14.2. The molecule has 1 aromatic heterocycles. The maximum absolute atomic E-state index is 9.51. The molecule has 0 radical (unpaired) electrons. The van der Waals surface area contributed by atoms with Crippen molar-refractivity contribution >= 4 is 0 Å². The third-order valence-electron chi connectivity index (χ3n) is 4.03. The van der Waals surface area contributed by atoms with E-state index in [9.17, 15) is 5.11 Å². The number of nitrogens with zero attached hydrogens (tertiary/aromatic N) is 3. The number of aromatic nitrogens is 2. The maximum atomic E-state index is 9.51. The van der Waals surface area contributed by atoms with Gasteiger partial charge in [0.05, 0.1) is 19.1 Å². The number of hydrogen-bond donors (Lipinski definition) is 1. The fraction of sp³-hybridized carbons (Fsp3) is 0.500. The van der Waals surface area contributed by atoms with Crippen molar-refractivity contribution in [3.63, 3.8) is 0 Å². The second-order valence-electron chi connectivity index (χ2n) is 5.70. The highest BCUT2D eigenvalue weighted by atomic mass is 16.4. The number of aliphatic hydroxyl groups excluding tert-OH is 1. The van der Waals surface area contributed by atoms with Crippen molar-refractivity contribution in [1.29, 1.82) is 0 Å². The van der Waals surface area contributed by atoms with Crippen LogP contribution in [0.15, 0.2) is 28.7 Å². The van der Waals surface area contributed by atoms with Crippen LogP contribution >= 0.6 is 0 Å². The molecule has 0 saturated carbocycles. The van der Waals surface area contributed by atoms with Crippen molar-refractivity contribution in [2.45, 2.75) is 38.8 Å². The summed E-state index contributed by atoms with van der Waals surface area (Å²) in [6, 6.07) is 8.23. The van der Waals surface area contributed by atoms with Crippen LogP contribution < -0.4 is 0 Å². The lowest BCUT2D eigenvalue weighted by Crippen LogP contribution is -2.35. The van der Waals surface area contributed by atoms with Crippen LogP contribution in [0.3, 0.4) is 0 Å². The van der Waals surface area contributed by atoms with E-state index in [0.29, 0.717) is 24.7 Å². The lowest BCUT2D eigenvalue weighted by atomic mass is 10.1. The van der Waals surface area contributed by atoms with Gasteiger partial charge < -0.3 is 9.52 Å². The molecule has 0 spiro atoms. The Bertz CT molecular complexity index is 589. The molecule has 0 unspecified atom stereocenters. The van der Waals surface area contributed by atoms with Gasteiger partial charge >= 0.3 is 0 Å². The minimum absolute atomic E-state index is 0.152. The predicted molar refractivity (Wildman–Crippen MR) is 78.8 cm³/mol. The Morgan fingerprint density at radius 2 is 1.90 bits per heavy atom. The van der Waals surface area contributed by atoms with Crippen LogP contribution in [-0.2, 0) is 13.0 Å². The van der Waals surface area contributed by atoms with E-state index in [1.807, 2.05) is 12.1 Å². The summed E-state index contributed by atoms with van der Waals surface area (Å²) in [7, 11) is 0. The normalized spacial score (nSPS) is 17.2. The standard InChI is InChI=1S/C16H21N3O2/c1-12-4-2-3-5-13(12)10-15-17-18-16(21-15)11-19-8-6-14(20)7-9-19/h2-5,14,20H,6-11H2,1H3. The molecule has 0 amide bonds. The Balaban J connectivity index is 1.60. The van der Waals surface area contributed by atoms with Gasteiger partial charge in [-0.3, -0.25) is 4.90 Å². The first-order valence-corrected chi connectivity index (χ1v) is 7.47. The van der Waals surface area contributed by atoms with Gasteiger partial charge in [-0.15, -0.1) is 10.2 Å². The van der Waals surface area contributed by atoms with Gasteiger partial charge in [-0.1, -0.05) is 24.3 Å². The Kier molecular flexibility index (Phi) is 4.31. The number of aryl methyl sites for hydroxylation is 1. The number of rotatable bonds is 4. The summed E-state index contributed by atoms with van der Waals surface area (Å²) in [6.45, 7) is 4.53. The van der Waals surface area contributed by atoms with E-state index < -0.39 is 0 Å². The van der Waals surface area contributed by atoms with Gasteiger partial charge in [0.2, 0.25) is 11.8 Å². The van der Waals surface area contributed by atoms with Crippen LogP contribution in [0.2, 0.25) is 0 Å². The third-order valence-corrected chi connectivity index (χ3v) is 4.03. The van der Waals surface area contributed by atoms with E-state index in [1.54, 1.807) is 0 Å². The first-order valence-electron chi connectivity index (χ1n) is 7.47. The Morgan fingerprint density at radius 1 is 1.19 bits per heavy atom. The molecule has 1 aliphatic heterocycles. The molecule has 5 heteroatoms. The van der Waals surface area contributed by atoms with Gasteiger partial charge in [0.1, 0.15) is 0 Å². The van der Waals surface area contributed by atoms with Gasteiger partial charge in [-0.25, -0.2) is 0 Å². The zero-order chi connectivity index (χ0) is 14.7. The summed E-state index contributed by atoms with van der Waals surface area (Å²) < 4.78 is 5.75. The zero-order valence-electron chi connectivity index (χ0n) is 12.3. The minimum atomic E-state index is -0.152. The van der Waals surface area contributed by atoms with E-state index in [2.05, 4.69) is 34.2 Å². The van der Waals surface area contributed by atoms with Crippen LogP contribution in [0, 0.1) is 6.92 Å². The van der Waals surface area contributed by atoms with Crippen molar-refractivity contribution in [3.8, 4) is 0 Å². The van der Waals surface area contributed by atoms with E-state index in [0.717, 1.165) is 25.9 Å². The number of piperidine rings is 1. The average molecular weight is 287 g/mol. The number of aliphatic hydroxyl groups is 1. The third kappa shape index (κ3) is 3.68. The van der Waals surface area contributed by atoms with Crippen LogP contribution in [0.25, 0.3) is 0 Å². The van der Waals surface area contributed by atoms with Crippen LogP contribution in [0.4, 0.5) is 0 Å². The first-order chi connectivity index (χ1) is 10.2. The zero-order valence-corrected chi connectivity index (χ0v) is 12.3. The van der Waals surface area contributed by atoms with E-state index >= 15 is 0 Å². The summed E-state index contributed by atoms with van der Waals surface area (Å²) in [5.74, 6) is 1.33. The molecule has 0 aliphatic carbocycles. The molecule has 1 saturated heterocycles. The van der Waals surface area contributed by atoms with Crippen LogP contribution in [0.1, 0.15) is 35.7 Å². The van der Waals surface area contributed by atoms with Crippen molar-refractivity contribution in [3.05, 3.63) is 47.2 Å². The predicted octanol–water partition coefficient (Wildman–Crippen LogP) is 1.93. The molecule has 21 heavy (non-hydrogen) atoms. The van der Waals surface area contributed by atoms with Crippen LogP contribution in [-0.4, -0.2) is 39.4 Å². The highest BCUT2D eigenvalue weighted by molar-refractivity contribution is 5.27. The topological polar surface area (TPSA) is 62.4 Å². The summed E-state index contributed by atoms with van der Waals surface area (Å²) in [4.78, 5) is 2.25. The molecule has 2 heterocycles. The SMILES string of the molecule is Cc1ccccc1Cc1nnc(CN2CCC(O)CC2)o1. The molecule has 0 bridgehead atoms. The highest BCUT2D eigenvalue weighted by Crippen LogP contribution is 2.15. The Hall–Kier alpha value is -1.72. The number of likely N-dealkylation sites (tertiary alicyclic amines) is 1. The molecule has 112 valence electrons. The molecule has 1 N–H and O–H groups in total. The molecule has 1 aliphatic rings. The Labute approximate surface area is 124 Å². The van der Waals surface area contributed by atoms with Crippen molar-refractivity contribution in [2.75, 3.05) is 13.1 Å². The lowest BCUT2D eigenvalue weighted by Gasteiger charge is -2.27. The average Bonchev–Trinajstić information content (AvgIpc) is 2.91.